The molecule has 17 heavy (non-hydrogen) atoms. The molecule has 3 unspecified atom stereocenters. The zero-order valence-corrected chi connectivity index (χ0v) is 11.8. The average molecular weight is 261 g/mol. The van der Waals surface area contributed by atoms with Crippen LogP contribution in [-0.2, 0) is 4.79 Å². The summed E-state index contributed by atoms with van der Waals surface area (Å²) < 4.78 is 0. The van der Waals surface area contributed by atoms with E-state index in [-0.39, 0.29) is 18.4 Å². The first-order valence-corrected chi connectivity index (χ1v) is 6.69. The summed E-state index contributed by atoms with van der Waals surface area (Å²) in [5.74, 6) is 1.77. The SMILES string of the molecule is CC1CCN(C(=O)C2CCCN2)CC(C)C1.Cl. The largest absolute Gasteiger partial charge is 0.341 e. The van der Waals surface area contributed by atoms with Gasteiger partial charge in [0.1, 0.15) is 0 Å². The summed E-state index contributed by atoms with van der Waals surface area (Å²) in [6, 6.07) is 0.112. The van der Waals surface area contributed by atoms with Crippen molar-refractivity contribution in [2.45, 2.75) is 45.6 Å². The van der Waals surface area contributed by atoms with E-state index in [1.165, 1.54) is 12.8 Å². The van der Waals surface area contributed by atoms with Gasteiger partial charge in [-0.3, -0.25) is 4.79 Å². The number of likely N-dealkylation sites (tertiary alicyclic amines) is 1. The van der Waals surface area contributed by atoms with E-state index < -0.39 is 0 Å². The summed E-state index contributed by atoms with van der Waals surface area (Å²) in [6.07, 6.45) is 4.61. The Hall–Kier alpha value is -0.280. The molecule has 2 rings (SSSR count). The first kappa shape index (κ1) is 14.8. The van der Waals surface area contributed by atoms with Crippen molar-refractivity contribution < 1.29 is 4.79 Å². The minimum Gasteiger partial charge on any atom is -0.341 e. The van der Waals surface area contributed by atoms with Gasteiger partial charge in [0.25, 0.3) is 0 Å². The molecule has 0 aromatic carbocycles. The van der Waals surface area contributed by atoms with Crippen LogP contribution < -0.4 is 5.32 Å². The molecule has 2 aliphatic heterocycles. The number of rotatable bonds is 1. The summed E-state index contributed by atoms with van der Waals surface area (Å²) in [5.41, 5.74) is 0. The van der Waals surface area contributed by atoms with Gasteiger partial charge in [-0.1, -0.05) is 13.8 Å². The van der Waals surface area contributed by atoms with E-state index in [1.54, 1.807) is 0 Å². The van der Waals surface area contributed by atoms with Gasteiger partial charge < -0.3 is 10.2 Å². The zero-order chi connectivity index (χ0) is 11.5. The van der Waals surface area contributed by atoms with Crippen LogP contribution in [-0.4, -0.2) is 36.5 Å². The molecule has 0 saturated carbocycles. The number of halogens is 1. The fourth-order valence-corrected chi connectivity index (χ4v) is 3.04. The standard InChI is InChI=1S/C13H24N2O.ClH/c1-10-5-7-15(9-11(2)8-10)13(16)12-4-3-6-14-12;/h10-12,14H,3-9H2,1-2H3;1H. The number of carbonyl (C=O) groups is 1. The van der Waals surface area contributed by atoms with E-state index in [9.17, 15) is 4.79 Å². The topological polar surface area (TPSA) is 32.3 Å². The van der Waals surface area contributed by atoms with E-state index in [0.29, 0.717) is 11.8 Å². The van der Waals surface area contributed by atoms with Gasteiger partial charge >= 0.3 is 0 Å². The third-order valence-corrected chi connectivity index (χ3v) is 3.90. The molecule has 0 bridgehead atoms. The van der Waals surface area contributed by atoms with Crippen molar-refractivity contribution in [3.8, 4) is 0 Å². The Morgan fingerprint density at radius 1 is 1.24 bits per heavy atom. The number of amides is 1. The van der Waals surface area contributed by atoms with Crippen molar-refractivity contribution in [1.82, 2.24) is 10.2 Å². The number of carbonyl (C=O) groups excluding carboxylic acids is 1. The van der Waals surface area contributed by atoms with E-state index in [2.05, 4.69) is 24.1 Å². The molecule has 2 heterocycles. The zero-order valence-electron chi connectivity index (χ0n) is 10.9. The smallest absolute Gasteiger partial charge is 0.239 e. The molecule has 0 radical (unpaired) electrons. The molecule has 0 aliphatic carbocycles. The third kappa shape index (κ3) is 3.85. The monoisotopic (exact) mass is 260 g/mol. The Morgan fingerprint density at radius 3 is 2.65 bits per heavy atom. The van der Waals surface area contributed by atoms with Gasteiger partial charge in [-0.05, 0) is 44.1 Å². The van der Waals surface area contributed by atoms with E-state index in [0.717, 1.165) is 38.4 Å². The molecule has 1 N–H and O–H groups in total. The van der Waals surface area contributed by atoms with Crippen LogP contribution in [0.2, 0.25) is 0 Å². The summed E-state index contributed by atoms with van der Waals surface area (Å²) in [6.45, 7) is 7.50. The van der Waals surface area contributed by atoms with Crippen LogP contribution in [0.1, 0.15) is 39.5 Å². The molecule has 1 amide bonds. The maximum Gasteiger partial charge on any atom is 0.239 e. The van der Waals surface area contributed by atoms with Crippen molar-refractivity contribution in [1.29, 1.82) is 0 Å². The number of nitrogens with one attached hydrogen (secondary N) is 1. The van der Waals surface area contributed by atoms with Gasteiger partial charge in [0.15, 0.2) is 0 Å². The highest BCUT2D eigenvalue weighted by Crippen LogP contribution is 2.22. The summed E-state index contributed by atoms with van der Waals surface area (Å²) in [7, 11) is 0. The maximum atomic E-state index is 12.3. The van der Waals surface area contributed by atoms with Gasteiger partial charge in [-0.2, -0.15) is 0 Å². The molecule has 2 aliphatic rings. The molecule has 0 spiro atoms. The molecule has 100 valence electrons. The van der Waals surface area contributed by atoms with Crippen molar-refractivity contribution in [3.63, 3.8) is 0 Å². The summed E-state index contributed by atoms with van der Waals surface area (Å²) in [5, 5.41) is 3.31. The summed E-state index contributed by atoms with van der Waals surface area (Å²) in [4.78, 5) is 14.4. The first-order chi connectivity index (χ1) is 7.66. The van der Waals surface area contributed by atoms with Gasteiger partial charge in [-0.15, -0.1) is 12.4 Å². The second-order valence-electron chi connectivity index (χ2n) is 5.67. The Morgan fingerprint density at radius 2 is 2.00 bits per heavy atom. The fraction of sp³-hybridized carbons (Fsp3) is 0.923. The lowest BCUT2D eigenvalue weighted by Crippen LogP contribution is -2.45. The average Bonchev–Trinajstić information content (AvgIpc) is 2.70. The van der Waals surface area contributed by atoms with E-state index >= 15 is 0 Å². The molecule has 3 atom stereocenters. The quantitative estimate of drug-likeness (QED) is 0.783. The van der Waals surface area contributed by atoms with Crippen molar-refractivity contribution in [2.24, 2.45) is 11.8 Å². The molecule has 0 aromatic rings. The van der Waals surface area contributed by atoms with Crippen LogP contribution in [0.25, 0.3) is 0 Å². The Balaban J connectivity index is 0.00000144. The highest BCUT2D eigenvalue weighted by molar-refractivity contribution is 5.85. The van der Waals surface area contributed by atoms with Crippen LogP contribution in [0.4, 0.5) is 0 Å². The van der Waals surface area contributed by atoms with Crippen LogP contribution >= 0.6 is 12.4 Å². The molecule has 2 fully saturated rings. The molecule has 2 saturated heterocycles. The molecular formula is C13H25ClN2O. The van der Waals surface area contributed by atoms with E-state index in [4.69, 9.17) is 0 Å². The number of nitrogens with zero attached hydrogens (tertiary/aromatic N) is 1. The van der Waals surface area contributed by atoms with E-state index in [1.807, 2.05) is 0 Å². The van der Waals surface area contributed by atoms with Gasteiger partial charge in [-0.25, -0.2) is 0 Å². The van der Waals surface area contributed by atoms with Gasteiger partial charge in [0, 0.05) is 13.1 Å². The van der Waals surface area contributed by atoms with Crippen LogP contribution in [0.5, 0.6) is 0 Å². The summed E-state index contributed by atoms with van der Waals surface area (Å²) >= 11 is 0. The fourth-order valence-electron chi connectivity index (χ4n) is 3.04. The van der Waals surface area contributed by atoms with Crippen LogP contribution in [0, 0.1) is 11.8 Å². The minimum absolute atomic E-state index is 0. The second kappa shape index (κ2) is 6.60. The van der Waals surface area contributed by atoms with Crippen LogP contribution in [0.15, 0.2) is 0 Å². The van der Waals surface area contributed by atoms with Crippen molar-refractivity contribution >= 4 is 18.3 Å². The number of hydrogen-bond donors (Lipinski definition) is 1. The normalized spacial score (nSPS) is 34.0. The Labute approximate surface area is 111 Å². The third-order valence-electron chi connectivity index (χ3n) is 3.90. The lowest BCUT2D eigenvalue weighted by Gasteiger charge is -2.25. The Bertz CT molecular complexity index is 254. The Kier molecular flexibility index (Phi) is 5.74. The highest BCUT2D eigenvalue weighted by atomic mass is 35.5. The maximum absolute atomic E-state index is 12.3. The van der Waals surface area contributed by atoms with Crippen molar-refractivity contribution in [3.05, 3.63) is 0 Å². The first-order valence-electron chi connectivity index (χ1n) is 6.69. The number of hydrogen-bond acceptors (Lipinski definition) is 2. The minimum atomic E-state index is 0. The predicted molar refractivity (Wildman–Crippen MR) is 72.4 cm³/mol. The van der Waals surface area contributed by atoms with Gasteiger partial charge in [0.05, 0.1) is 6.04 Å². The molecule has 4 heteroatoms. The second-order valence-corrected chi connectivity index (χ2v) is 5.67. The predicted octanol–water partition coefficient (Wildman–Crippen LogP) is 2.05. The van der Waals surface area contributed by atoms with Crippen LogP contribution in [0.3, 0.4) is 0 Å². The molecule has 0 aromatic heterocycles. The molecular weight excluding hydrogens is 236 g/mol. The molecule has 3 nitrogen and oxygen atoms in total. The highest BCUT2D eigenvalue weighted by Gasteiger charge is 2.29. The van der Waals surface area contributed by atoms with Crippen molar-refractivity contribution in [2.75, 3.05) is 19.6 Å². The lowest BCUT2D eigenvalue weighted by atomic mass is 9.97. The lowest BCUT2D eigenvalue weighted by molar-refractivity contribution is -0.133. The van der Waals surface area contributed by atoms with Gasteiger partial charge in [0.2, 0.25) is 5.91 Å².